The molecule has 0 amide bonds. The van der Waals surface area contributed by atoms with E-state index in [1.165, 1.54) is 0 Å². The molecule has 1 aromatic rings. The van der Waals surface area contributed by atoms with Crippen molar-refractivity contribution in [2.24, 2.45) is 17.1 Å². The summed E-state index contributed by atoms with van der Waals surface area (Å²) in [6, 6.07) is 12.1. The predicted molar refractivity (Wildman–Crippen MR) is 120 cm³/mol. The van der Waals surface area contributed by atoms with E-state index >= 15 is 0 Å². The maximum Gasteiger partial charge on any atom is 0.191 e. The molecular weight excluding hydrogens is 402 g/mol. The van der Waals surface area contributed by atoms with Gasteiger partial charge in [-0.05, 0) is 42.7 Å². The molecule has 7 nitrogen and oxygen atoms in total. The third kappa shape index (κ3) is 3.79. The van der Waals surface area contributed by atoms with E-state index in [4.69, 9.17) is 15.2 Å². The lowest BCUT2D eigenvalue weighted by Gasteiger charge is -2.45. The molecule has 2 aliphatic rings. The van der Waals surface area contributed by atoms with Crippen molar-refractivity contribution >= 4 is 0 Å². The number of hydrogen-bond acceptors (Lipinski definition) is 7. The SMILES string of the molecule is CCCOc1ccc(C2C3CN(CCC)CC=C3C(C#N)=C(N)C2(C#N)C#N)cc1OC. The van der Waals surface area contributed by atoms with Crippen LogP contribution in [0.2, 0.25) is 0 Å². The number of rotatable bonds is 7. The number of fused-ring (bicyclic) bond motifs is 1. The first-order valence-electron chi connectivity index (χ1n) is 11.0. The largest absolute Gasteiger partial charge is 0.493 e. The second-order valence-electron chi connectivity index (χ2n) is 8.19. The Hall–Kier alpha value is -3.47. The van der Waals surface area contributed by atoms with E-state index < -0.39 is 11.3 Å². The van der Waals surface area contributed by atoms with Gasteiger partial charge in [0.15, 0.2) is 16.9 Å². The highest BCUT2D eigenvalue weighted by Crippen LogP contribution is 2.54. The fourth-order valence-corrected chi connectivity index (χ4v) is 4.82. The van der Waals surface area contributed by atoms with Crippen LogP contribution < -0.4 is 15.2 Å². The summed E-state index contributed by atoms with van der Waals surface area (Å²) in [6.07, 6.45) is 3.88. The molecule has 7 heteroatoms. The molecule has 2 atom stereocenters. The summed E-state index contributed by atoms with van der Waals surface area (Å²) in [5, 5.41) is 30.3. The zero-order valence-corrected chi connectivity index (χ0v) is 18.9. The van der Waals surface area contributed by atoms with Gasteiger partial charge in [-0.2, -0.15) is 15.8 Å². The van der Waals surface area contributed by atoms with Crippen molar-refractivity contribution in [3.8, 4) is 29.7 Å². The minimum absolute atomic E-state index is 0.0340. The van der Waals surface area contributed by atoms with Crippen LogP contribution in [0.1, 0.15) is 38.2 Å². The van der Waals surface area contributed by atoms with Gasteiger partial charge >= 0.3 is 0 Å². The van der Waals surface area contributed by atoms with Crippen molar-refractivity contribution < 1.29 is 9.47 Å². The number of nitrogens with two attached hydrogens (primary N) is 1. The van der Waals surface area contributed by atoms with Crippen LogP contribution in [0.15, 0.2) is 41.1 Å². The van der Waals surface area contributed by atoms with Crippen molar-refractivity contribution in [3.05, 3.63) is 46.7 Å². The Bertz CT molecular complexity index is 1040. The number of methoxy groups -OCH3 is 1. The summed E-state index contributed by atoms with van der Waals surface area (Å²) < 4.78 is 11.3. The summed E-state index contributed by atoms with van der Waals surface area (Å²) in [5.74, 6) is 0.390. The third-order valence-corrected chi connectivity index (χ3v) is 6.29. The Labute approximate surface area is 189 Å². The van der Waals surface area contributed by atoms with E-state index in [9.17, 15) is 15.8 Å². The maximum atomic E-state index is 10.2. The molecular formula is C25H29N5O2. The monoisotopic (exact) mass is 431 g/mol. The van der Waals surface area contributed by atoms with Crippen LogP contribution in [-0.2, 0) is 0 Å². The van der Waals surface area contributed by atoms with E-state index in [0.717, 1.165) is 30.5 Å². The number of benzene rings is 1. The third-order valence-electron chi connectivity index (χ3n) is 6.29. The molecule has 1 heterocycles. The molecule has 32 heavy (non-hydrogen) atoms. The van der Waals surface area contributed by atoms with Crippen LogP contribution in [0, 0.1) is 45.3 Å². The molecule has 0 fully saturated rings. The smallest absolute Gasteiger partial charge is 0.191 e. The van der Waals surface area contributed by atoms with Crippen LogP contribution >= 0.6 is 0 Å². The van der Waals surface area contributed by atoms with Crippen LogP contribution in [0.25, 0.3) is 0 Å². The predicted octanol–water partition coefficient (Wildman–Crippen LogP) is 3.62. The summed E-state index contributed by atoms with van der Waals surface area (Å²) in [5.41, 5.74) is 6.62. The first kappa shape index (κ1) is 23.2. The van der Waals surface area contributed by atoms with Gasteiger partial charge < -0.3 is 15.2 Å². The average molecular weight is 432 g/mol. The molecule has 0 bridgehead atoms. The summed E-state index contributed by atoms with van der Waals surface area (Å²) in [6.45, 7) is 6.95. The highest BCUT2D eigenvalue weighted by atomic mass is 16.5. The number of nitriles is 3. The first-order valence-corrected chi connectivity index (χ1v) is 11.0. The Morgan fingerprint density at radius 2 is 1.91 bits per heavy atom. The number of ether oxygens (including phenoxy) is 2. The van der Waals surface area contributed by atoms with Gasteiger partial charge in [-0.25, -0.2) is 0 Å². The van der Waals surface area contributed by atoms with E-state index in [1.54, 1.807) is 7.11 Å². The summed E-state index contributed by atoms with van der Waals surface area (Å²) in [7, 11) is 1.57. The van der Waals surface area contributed by atoms with Crippen LogP contribution in [0.5, 0.6) is 11.5 Å². The molecule has 0 saturated carbocycles. The Kier molecular flexibility index (Phi) is 7.08. The molecule has 0 saturated heterocycles. The van der Waals surface area contributed by atoms with Crippen molar-refractivity contribution in [2.75, 3.05) is 33.4 Å². The highest BCUT2D eigenvalue weighted by Gasteiger charge is 2.54. The molecule has 2 unspecified atom stereocenters. The van der Waals surface area contributed by atoms with Crippen LogP contribution in [0.4, 0.5) is 0 Å². The van der Waals surface area contributed by atoms with Crippen molar-refractivity contribution in [1.82, 2.24) is 4.90 Å². The molecule has 0 radical (unpaired) electrons. The summed E-state index contributed by atoms with van der Waals surface area (Å²) in [4.78, 5) is 2.28. The van der Waals surface area contributed by atoms with Gasteiger partial charge in [0, 0.05) is 24.9 Å². The zero-order valence-electron chi connectivity index (χ0n) is 18.9. The van der Waals surface area contributed by atoms with E-state index in [2.05, 4.69) is 30.0 Å². The average Bonchev–Trinajstić information content (AvgIpc) is 2.82. The number of hydrogen-bond donors (Lipinski definition) is 1. The molecule has 2 N–H and O–H groups in total. The lowest BCUT2D eigenvalue weighted by molar-refractivity contribution is 0.207. The fraction of sp³-hybridized carbons (Fsp3) is 0.480. The van der Waals surface area contributed by atoms with Gasteiger partial charge in [0.25, 0.3) is 0 Å². The second kappa shape index (κ2) is 9.77. The summed E-state index contributed by atoms with van der Waals surface area (Å²) >= 11 is 0. The minimum Gasteiger partial charge on any atom is -0.493 e. The topological polar surface area (TPSA) is 119 Å². The maximum absolute atomic E-state index is 10.2. The molecule has 0 aromatic heterocycles. The molecule has 166 valence electrons. The van der Waals surface area contributed by atoms with Crippen molar-refractivity contribution in [2.45, 2.75) is 32.6 Å². The van der Waals surface area contributed by atoms with Gasteiger partial charge in [0.2, 0.25) is 0 Å². The van der Waals surface area contributed by atoms with Crippen LogP contribution in [-0.4, -0.2) is 38.3 Å². The fourth-order valence-electron chi connectivity index (χ4n) is 4.82. The van der Waals surface area contributed by atoms with Gasteiger partial charge in [-0.15, -0.1) is 0 Å². The zero-order chi connectivity index (χ0) is 23.3. The van der Waals surface area contributed by atoms with Crippen molar-refractivity contribution in [3.63, 3.8) is 0 Å². The molecule has 0 spiro atoms. The van der Waals surface area contributed by atoms with E-state index in [0.29, 0.717) is 31.2 Å². The Morgan fingerprint density at radius 1 is 1.16 bits per heavy atom. The molecule has 1 aromatic carbocycles. The van der Waals surface area contributed by atoms with Crippen molar-refractivity contribution in [1.29, 1.82) is 15.8 Å². The second-order valence-corrected chi connectivity index (χ2v) is 8.19. The van der Waals surface area contributed by atoms with Gasteiger partial charge in [-0.1, -0.05) is 26.0 Å². The highest BCUT2D eigenvalue weighted by molar-refractivity contribution is 5.60. The number of nitrogens with zero attached hydrogens (tertiary/aromatic N) is 4. The number of allylic oxidation sites excluding steroid dienone is 2. The first-order chi connectivity index (χ1) is 15.5. The molecule has 3 rings (SSSR count). The van der Waals surface area contributed by atoms with Gasteiger partial charge in [-0.3, -0.25) is 4.90 Å². The lowest BCUT2D eigenvalue weighted by atomic mass is 9.58. The lowest BCUT2D eigenvalue weighted by Crippen LogP contribution is -2.48. The standard InChI is InChI=1S/C25H29N5O2/c1-4-9-30-10-8-18-19(13-26)24(29)25(15-27,16-28)23(20(18)14-30)17-6-7-21(32-11-5-2)22(12-17)31-3/h6-8,12,20,23H,4-5,9-11,14,29H2,1-3H3. The van der Waals surface area contributed by atoms with Gasteiger partial charge in [0.1, 0.15) is 6.07 Å². The normalized spacial score (nSPS) is 22.1. The van der Waals surface area contributed by atoms with Gasteiger partial charge in [0.05, 0.1) is 37.1 Å². The molecule has 1 aliphatic carbocycles. The molecule has 1 aliphatic heterocycles. The quantitative estimate of drug-likeness (QED) is 0.700. The Morgan fingerprint density at radius 3 is 2.50 bits per heavy atom. The Balaban J connectivity index is 2.21. The van der Waals surface area contributed by atoms with E-state index in [-0.39, 0.29) is 17.2 Å². The van der Waals surface area contributed by atoms with Crippen LogP contribution in [0.3, 0.4) is 0 Å². The minimum atomic E-state index is -1.65. The van der Waals surface area contributed by atoms with E-state index in [1.807, 2.05) is 31.2 Å².